The van der Waals surface area contributed by atoms with Gasteiger partial charge in [0.05, 0.1) is 11.3 Å². The summed E-state index contributed by atoms with van der Waals surface area (Å²) in [6, 6.07) is 14.6. The summed E-state index contributed by atoms with van der Waals surface area (Å²) in [5.41, 5.74) is 0.932. The molecule has 0 aliphatic heterocycles. The molecule has 0 aliphatic rings. The summed E-state index contributed by atoms with van der Waals surface area (Å²) in [5.74, 6) is -1.09. The summed E-state index contributed by atoms with van der Waals surface area (Å²) in [5, 5.41) is 14.1. The number of amides is 2. The van der Waals surface area contributed by atoms with Crippen LogP contribution in [0.25, 0.3) is 0 Å². The van der Waals surface area contributed by atoms with E-state index in [0.717, 1.165) is 0 Å². The highest BCUT2D eigenvalue weighted by Gasteiger charge is 2.11. The number of nitrogens with one attached hydrogen (secondary N) is 2. The molecule has 0 fully saturated rings. The van der Waals surface area contributed by atoms with Gasteiger partial charge in [-0.3, -0.25) is 0 Å². The largest absolute Gasteiger partial charge is 0.478 e. The van der Waals surface area contributed by atoms with E-state index in [1.54, 1.807) is 36.4 Å². The average Bonchev–Trinajstić information content (AvgIpc) is 2.40. The molecule has 96 valence electrons. The van der Waals surface area contributed by atoms with E-state index >= 15 is 0 Å². The highest BCUT2D eigenvalue weighted by molar-refractivity contribution is 6.04. The molecule has 2 aromatic rings. The Balaban J connectivity index is 2.09. The van der Waals surface area contributed by atoms with E-state index in [0.29, 0.717) is 5.69 Å². The zero-order chi connectivity index (χ0) is 13.7. The molecular formula is C14H12N2O3. The predicted octanol–water partition coefficient (Wildman–Crippen LogP) is 3.03. The molecule has 0 aromatic heterocycles. The van der Waals surface area contributed by atoms with Crippen LogP contribution in [0.15, 0.2) is 54.6 Å². The van der Waals surface area contributed by atoms with Crippen molar-refractivity contribution in [2.45, 2.75) is 0 Å². The van der Waals surface area contributed by atoms with Crippen LogP contribution in [0.3, 0.4) is 0 Å². The number of carboxylic acids is 1. The highest BCUT2D eigenvalue weighted by atomic mass is 16.4. The molecule has 2 amide bonds. The van der Waals surface area contributed by atoms with Crippen LogP contribution < -0.4 is 10.6 Å². The van der Waals surface area contributed by atoms with Crippen molar-refractivity contribution in [1.29, 1.82) is 0 Å². The van der Waals surface area contributed by atoms with Crippen LogP contribution in [0.4, 0.5) is 16.2 Å². The Bertz CT molecular complexity index is 597. The van der Waals surface area contributed by atoms with E-state index in [2.05, 4.69) is 10.6 Å². The topological polar surface area (TPSA) is 78.4 Å². The molecule has 0 unspecified atom stereocenters. The van der Waals surface area contributed by atoms with E-state index in [9.17, 15) is 9.59 Å². The molecule has 2 rings (SSSR count). The molecule has 3 N–H and O–H groups in total. The monoisotopic (exact) mass is 256 g/mol. The number of anilines is 2. The molecule has 5 heteroatoms. The first-order valence-electron chi connectivity index (χ1n) is 5.62. The Hall–Kier alpha value is -2.82. The molecule has 0 heterocycles. The van der Waals surface area contributed by atoms with Crippen LogP contribution in [0.2, 0.25) is 0 Å². The standard InChI is InChI=1S/C14H12N2O3/c17-13(18)11-8-4-5-9-12(11)16-14(19)15-10-6-2-1-3-7-10/h1-9H,(H,17,18)(H2,15,16,19). The van der Waals surface area contributed by atoms with Crippen molar-refractivity contribution in [3.8, 4) is 0 Å². The Labute approximate surface area is 109 Å². The fourth-order valence-corrected chi connectivity index (χ4v) is 1.58. The van der Waals surface area contributed by atoms with E-state index in [4.69, 9.17) is 5.11 Å². The van der Waals surface area contributed by atoms with Gasteiger partial charge in [-0.05, 0) is 24.3 Å². The molecule has 19 heavy (non-hydrogen) atoms. The van der Waals surface area contributed by atoms with E-state index in [1.807, 2.05) is 6.07 Å². The zero-order valence-electron chi connectivity index (χ0n) is 9.96. The van der Waals surface area contributed by atoms with Crippen molar-refractivity contribution in [3.05, 3.63) is 60.2 Å². The Kier molecular flexibility index (Phi) is 3.78. The number of aromatic carboxylic acids is 1. The van der Waals surface area contributed by atoms with Crippen molar-refractivity contribution in [1.82, 2.24) is 0 Å². The molecule has 0 atom stereocenters. The summed E-state index contributed by atoms with van der Waals surface area (Å²) in [7, 11) is 0. The number of hydrogen-bond donors (Lipinski definition) is 3. The Morgan fingerprint density at radius 2 is 1.47 bits per heavy atom. The van der Waals surface area contributed by atoms with Crippen LogP contribution in [0.1, 0.15) is 10.4 Å². The van der Waals surface area contributed by atoms with E-state index in [1.165, 1.54) is 12.1 Å². The van der Waals surface area contributed by atoms with Crippen LogP contribution in [0.5, 0.6) is 0 Å². The number of para-hydroxylation sites is 2. The lowest BCUT2D eigenvalue weighted by Crippen LogP contribution is -2.20. The number of urea groups is 1. The minimum atomic E-state index is -1.09. The van der Waals surface area contributed by atoms with Gasteiger partial charge in [-0.15, -0.1) is 0 Å². The summed E-state index contributed by atoms with van der Waals surface area (Å²) in [6.45, 7) is 0. The first kappa shape index (κ1) is 12.6. The third-order valence-corrected chi connectivity index (χ3v) is 2.44. The number of carboxylic acid groups (broad SMARTS) is 1. The van der Waals surface area contributed by atoms with Crippen molar-refractivity contribution in [3.63, 3.8) is 0 Å². The summed E-state index contributed by atoms with van der Waals surface area (Å²) >= 11 is 0. The Morgan fingerprint density at radius 3 is 2.16 bits per heavy atom. The number of hydrogen-bond acceptors (Lipinski definition) is 2. The fourth-order valence-electron chi connectivity index (χ4n) is 1.58. The molecule has 5 nitrogen and oxygen atoms in total. The summed E-state index contributed by atoms with van der Waals surface area (Å²) in [4.78, 5) is 22.7. The first-order valence-corrected chi connectivity index (χ1v) is 5.62. The van der Waals surface area contributed by atoms with Gasteiger partial charge < -0.3 is 15.7 Å². The minimum absolute atomic E-state index is 0.0470. The zero-order valence-corrected chi connectivity index (χ0v) is 9.96. The number of carbonyl (C=O) groups is 2. The fraction of sp³-hybridized carbons (Fsp3) is 0. The van der Waals surface area contributed by atoms with Gasteiger partial charge in [0, 0.05) is 5.69 Å². The van der Waals surface area contributed by atoms with Crippen LogP contribution in [0, 0.1) is 0 Å². The minimum Gasteiger partial charge on any atom is -0.478 e. The second kappa shape index (κ2) is 5.68. The quantitative estimate of drug-likeness (QED) is 0.789. The maximum Gasteiger partial charge on any atom is 0.337 e. The van der Waals surface area contributed by atoms with Gasteiger partial charge in [0.1, 0.15) is 0 Å². The summed E-state index contributed by atoms with van der Waals surface area (Å²) < 4.78 is 0. The van der Waals surface area contributed by atoms with Gasteiger partial charge >= 0.3 is 12.0 Å². The van der Waals surface area contributed by atoms with E-state index < -0.39 is 12.0 Å². The highest BCUT2D eigenvalue weighted by Crippen LogP contribution is 2.15. The lowest BCUT2D eigenvalue weighted by Gasteiger charge is -2.09. The molecule has 0 radical (unpaired) electrons. The van der Waals surface area contributed by atoms with Crippen LogP contribution in [-0.4, -0.2) is 17.1 Å². The lowest BCUT2D eigenvalue weighted by atomic mass is 10.2. The number of benzene rings is 2. The second-order valence-corrected chi connectivity index (χ2v) is 3.80. The first-order chi connectivity index (χ1) is 9.16. The van der Waals surface area contributed by atoms with Gasteiger partial charge in [0.15, 0.2) is 0 Å². The third-order valence-electron chi connectivity index (χ3n) is 2.44. The van der Waals surface area contributed by atoms with Crippen molar-refractivity contribution in [2.24, 2.45) is 0 Å². The third kappa shape index (κ3) is 3.32. The number of rotatable bonds is 3. The Morgan fingerprint density at radius 1 is 0.842 bits per heavy atom. The van der Waals surface area contributed by atoms with Gasteiger partial charge in [0.2, 0.25) is 0 Å². The SMILES string of the molecule is O=C(Nc1ccccc1)Nc1ccccc1C(=O)O. The van der Waals surface area contributed by atoms with Gasteiger partial charge in [0.25, 0.3) is 0 Å². The molecule has 0 aliphatic carbocycles. The molecular weight excluding hydrogens is 244 g/mol. The van der Waals surface area contributed by atoms with Crippen molar-refractivity contribution >= 4 is 23.4 Å². The van der Waals surface area contributed by atoms with Gasteiger partial charge in [-0.1, -0.05) is 30.3 Å². The van der Waals surface area contributed by atoms with Crippen LogP contribution in [-0.2, 0) is 0 Å². The molecule has 0 bridgehead atoms. The van der Waals surface area contributed by atoms with Crippen molar-refractivity contribution in [2.75, 3.05) is 10.6 Å². The molecule has 2 aromatic carbocycles. The van der Waals surface area contributed by atoms with Crippen LogP contribution >= 0.6 is 0 Å². The lowest BCUT2D eigenvalue weighted by molar-refractivity contribution is 0.0698. The second-order valence-electron chi connectivity index (χ2n) is 3.80. The number of carbonyl (C=O) groups excluding carboxylic acids is 1. The molecule has 0 saturated heterocycles. The van der Waals surface area contributed by atoms with Gasteiger partial charge in [-0.25, -0.2) is 9.59 Å². The van der Waals surface area contributed by atoms with E-state index in [-0.39, 0.29) is 11.3 Å². The molecule has 0 saturated carbocycles. The smallest absolute Gasteiger partial charge is 0.337 e. The normalized spacial score (nSPS) is 9.68. The maximum absolute atomic E-state index is 11.7. The molecule has 0 spiro atoms. The van der Waals surface area contributed by atoms with Crippen molar-refractivity contribution < 1.29 is 14.7 Å². The maximum atomic E-state index is 11.7. The average molecular weight is 256 g/mol. The summed E-state index contributed by atoms with van der Waals surface area (Å²) in [6.07, 6.45) is 0. The predicted molar refractivity (Wildman–Crippen MR) is 72.5 cm³/mol. The van der Waals surface area contributed by atoms with Gasteiger partial charge in [-0.2, -0.15) is 0 Å².